The van der Waals surface area contributed by atoms with E-state index < -0.39 is 6.09 Å². The van der Waals surface area contributed by atoms with E-state index in [9.17, 15) is 9.59 Å². The van der Waals surface area contributed by atoms with Crippen LogP contribution in [0.4, 0.5) is 10.5 Å². The molecule has 6 nitrogen and oxygen atoms in total. The van der Waals surface area contributed by atoms with Crippen molar-refractivity contribution < 1.29 is 14.3 Å². The van der Waals surface area contributed by atoms with E-state index in [1.165, 1.54) is 6.92 Å². The molecule has 1 atom stereocenters. The predicted molar refractivity (Wildman–Crippen MR) is 80.3 cm³/mol. The molecular weight excluding hydrogens is 282 g/mol. The number of carbonyl (C=O) groups excluding carboxylic acids is 2. The van der Waals surface area contributed by atoms with Gasteiger partial charge in [0.05, 0.1) is 13.1 Å². The molecule has 1 aliphatic carbocycles. The average molecular weight is 299 g/mol. The zero-order valence-corrected chi connectivity index (χ0v) is 12.3. The number of hydrogen-bond acceptors (Lipinski definition) is 3. The second kappa shape index (κ2) is 5.34. The van der Waals surface area contributed by atoms with Crippen LogP contribution < -0.4 is 10.2 Å². The summed E-state index contributed by atoms with van der Waals surface area (Å²) in [4.78, 5) is 28.1. The van der Waals surface area contributed by atoms with Crippen LogP contribution in [-0.4, -0.2) is 31.2 Å². The van der Waals surface area contributed by atoms with Crippen molar-refractivity contribution >= 4 is 17.7 Å². The molecule has 1 saturated carbocycles. The number of hydrogen-bond donors (Lipinski definition) is 1. The molecule has 22 heavy (non-hydrogen) atoms. The maximum Gasteiger partial charge on any atom is 0.414 e. The second-order valence-electron chi connectivity index (χ2n) is 5.74. The summed E-state index contributed by atoms with van der Waals surface area (Å²) in [6, 6.07) is 7.52. The van der Waals surface area contributed by atoms with Gasteiger partial charge in [0, 0.05) is 31.0 Å². The normalized spacial score (nSPS) is 21.9. The lowest BCUT2D eigenvalue weighted by atomic mass is 10.1. The molecule has 0 unspecified atom stereocenters. The minimum absolute atomic E-state index is 0.146. The van der Waals surface area contributed by atoms with E-state index >= 15 is 0 Å². The molecule has 0 aromatic heterocycles. The molecule has 0 spiro atoms. The maximum atomic E-state index is 11.9. The van der Waals surface area contributed by atoms with Crippen molar-refractivity contribution in [3.8, 4) is 0 Å². The Hall–Kier alpha value is -2.55. The van der Waals surface area contributed by atoms with Gasteiger partial charge < -0.3 is 14.9 Å². The molecule has 1 heterocycles. The first kappa shape index (κ1) is 14.4. The van der Waals surface area contributed by atoms with E-state index in [1.807, 2.05) is 24.3 Å². The van der Waals surface area contributed by atoms with Gasteiger partial charge >= 0.3 is 6.09 Å². The number of nitrogens with zero attached hydrogens (tertiary/aromatic N) is 2. The Kier molecular flexibility index (Phi) is 3.49. The van der Waals surface area contributed by atoms with E-state index in [2.05, 4.69) is 10.2 Å². The molecule has 1 aromatic carbocycles. The molecular formula is C16H17N3O3. The summed E-state index contributed by atoms with van der Waals surface area (Å²) in [6.07, 6.45) is 1.06. The van der Waals surface area contributed by atoms with Crippen LogP contribution in [0.1, 0.15) is 25.3 Å². The van der Waals surface area contributed by atoms with Crippen molar-refractivity contribution in [1.82, 2.24) is 5.32 Å². The number of benzene rings is 1. The zero-order valence-electron chi connectivity index (χ0n) is 12.3. The van der Waals surface area contributed by atoms with Crippen LogP contribution in [0, 0.1) is 6.57 Å². The van der Waals surface area contributed by atoms with Gasteiger partial charge in [0.1, 0.15) is 6.10 Å². The number of cyclic esters (lactones) is 1. The third kappa shape index (κ3) is 2.62. The molecule has 2 aliphatic rings. The largest absolute Gasteiger partial charge is 0.442 e. The summed E-state index contributed by atoms with van der Waals surface area (Å²) < 4.78 is 5.23. The number of nitrogens with one attached hydrogen (secondary N) is 1. The van der Waals surface area contributed by atoms with E-state index in [1.54, 1.807) is 4.90 Å². The molecule has 2 amide bonds. The van der Waals surface area contributed by atoms with Crippen LogP contribution in [0.2, 0.25) is 0 Å². The average Bonchev–Trinajstić information content (AvgIpc) is 3.23. The van der Waals surface area contributed by atoms with Gasteiger partial charge in [-0.25, -0.2) is 11.4 Å². The number of anilines is 1. The third-order valence-electron chi connectivity index (χ3n) is 4.11. The molecule has 0 radical (unpaired) electrons. The van der Waals surface area contributed by atoms with E-state index in [0.29, 0.717) is 13.1 Å². The molecule has 1 N–H and O–H groups in total. The highest BCUT2D eigenvalue weighted by molar-refractivity contribution is 5.89. The summed E-state index contributed by atoms with van der Waals surface area (Å²) >= 11 is 0. The van der Waals surface area contributed by atoms with Gasteiger partial charge in [0.25, 0.3) is 5.54 Å². The summed E-state index contributed by atoms with van der Waals surface area (Å²) in [5, 5.41) is 2.65. The second-order valence-corrected chi connectivity index (χ2v) is 5.74. The van der Waals surface area contributed by atoms with Crippen LogP contribution in [0.25, 0.3) is 4.85 Å². The van der Waals surface area contributed by atoms with Crippen molar-refractivity contribution in [2.75, 3.05) is 18.0 Å². The van der Waals surface area contributed by atoms with Crippen molar-refractivity contribution in [2.24, 2.45) is 0 Å². The van der Waals surface area contributed by atoms with Gasteiger partial charge in [-0.15, -0.1) is 0 Å². The Labute approximate surface area is 128 Å². The molecule has 1 aromatic rings. The van der Waals surface area contributed by atoms with Crippen LogP contribution in [-0.2, 0) is 15.1 Å². The van der Waals surface area contributed by atoms with Crippen LogP contribution in [0.5, 0.6) is 0 Å². The molecule has 0 bridgehead atoms. The monoisotopic (exact) mass is 299 g/mol. The molecule has 2 fully saturated rings. The highest BCUT2D eigenvalue weighted by Crippen LogP contribution is 2.49. The van der Waals surface area contributed by atoms with E-state index in [-0.39, 0.29) is 17.6 Å². The first-order valence-corrected chi connectivity index (χ1v) is 7.26. The zero-order chi connectivity index (χ0) is 15.7. The first-order chi connectivity index (χ1) is 10.5. The number of carbonyl (C=O) groups is 2. The lowest BCUT2D eigenvalue weighted by Crippen LogP contribution is -2.33. The summed E-state index contributed by atoms with van der Waals surface area (Å²) in [5.74, 6) is -0.146. The van der Waals surface area contributed by atoms with Gasteiger partial charge in [0.15, 0.2) is 0 Å². The fourth-order valence-electron chi connectivity index (χ4n) is 2.63. The topological polar surface area (TPSA) is 63.0 Å². The lowest BCUT2D eigenvalue weighted by Gasteiger charge is -2.14. The Balaban J connectivity index is 1.68. The van der Waals surface area contributed by atoms with Crippen LogP contribution >= 0.6 is 0 Å². The fraction of sp³-hybridized carbons (Fsp3) is 0.438. The first-order valence-electron chi connectivity index (χ1n) is 7.26. The minimum atomic E-state index is -0.408. The van der Waals surface area contributed by atoms with Crippen LogP contribution in [0.15, 0.2) is 24.3 Å². The van der Waals surface area contributed by atoms with Gasteiger partial charge in [-0.2, -0.15) is 0 Å². The van der Waals surface area contributed by atoms with Gasteiger partial charge in [0.2, 0.25) is 5.91 Å². The maximum absolute atomic E-state index is 11.9. The van der Waals surface area contributed by atoms with Crippen LogP contribution in [0.3, 0.4) is 0 Å². The smallest absolute Gasteiger partial charge is 0.414 e. The summed E-state index contributed by atoms with van der Waals surface area (Å²) in [5.41, 5.74) is 1.42. The summed E-state index contributed by atoms with van der Waals surface area (Å²) in [7, 11) is 0. The van der Waals surface area contributed by atoms with Crippen molar-refractivity contribution in [2.45, 2.75) is 31.4 Å². The Bertz CT molecular complexity index is 644. The SMILES string of the molecule is [C-]#[N+]C1(c2ccc(N3C[C@H](CNC(C)=O)OC3=O)cc2)CC1. The minimum Gasteiger partial charge on any atom is -0.442 e. The predicted octanol–water partition coefficient (Wildman–Crippen LogP) is 2.06. The fourth-order valence-corrected chi connectivity index (χ4v) is 2.63. The van der Waals surface area contributed by atoms with Crippen molar-refractivity contribution in [1.29, 1.82) is 0 Å². The molecule has 3 rings (SSSR count). The lowest BCUT2D eigenvalue weighted by molar-refractivity contribution is -0.119. The highest BCUT2D eigenvalue weighted by Gasteiger charge is 2.52. The Morgan fingerprint density at radius 2 is 2.14 bits per heavy atom. The number of amides is 2. The quantitative estimate of drug-likeness (QED) is 0.866. The van der Waals surface area contributed by atoms with Gasteiger partial charge in [-0.3, -0.25) is 9.69 Å². The Morgan fingerprint density at radius 1 is 1.45 bits per heavy atom. The van der Waals surface area contributed by atoms with Crippen molar-refractivity contribution in [3.63, 3.8) is 0 Å². The molecule has 6 heteroatoms. The van der Waals surface area contributed by atoms with E-state index in [0.717, 1.165) is 24.1 Å². The Morgan fingerprint density at radius 3 is 2.68 bits per heavy atom. The highest BCUT2D eigenvalue weighted by atomic mass is 16.6. The molecule has 114 valence electrons. The third-order valence-corrected chi connectivity index (χ3v) is 4.11. The van der Waals surface area contributed by atoms with Gasteiger partial charge in [-0.05, 0) is 24.3 Å². The standard InChI is InChI=1S/C16H17N3O3/c1-11(20)18-9-14-10-19(15(21)22-14)13-5-3-12(4-6-13)16(17-2)7-8-16/h3-6,14H,7-10H2,1H3,(H,18,20)/t14-/m0/s1. The summed E-state index contributed by atoms with van der Waals surface area (Å²) in [6.45, 7) is 9.43. The molecule has 1 saturated heterocycles. The number of rotatable bonds is 4. The van der Waals surface area contributed by atoms with E-state index in [4.69, 9.17) is 11.3 Å². The van der Waals surface area contributed by atoms with Gasteiger partial charge in [-0.1, -0.05) is 0 Å². The number of ether oxygens (including phenoxy) is 1. The molecule has 1 aliphatic heterocycles. The van der Waals surface area contributed by atoms with Crippen molar-refractivity contribution in [3.05, 3.63) is 41.2 Å².